The zero-order valence-electron chi connectivity index (χ0n) is 16.2. The van der Waals surface area contributed by atoms with E-state index >= 15 is 0 Å². The molecule has 0 fully saturated rings. The Morgan fingerprint density at radius 3 is 2.29 bits per heavy atom. The molecule has 1 aromatic heterocycles. The van der Waals surface area contributed by atoms with Gasteiger partial charge in [0.05, 0.1) is 27.0 Å². The Labute approximate surface area is 164 Å². The summed E-state index contributed by atoms with van der Waals surface area (Å²) >= 11 is 0. The average molecular weight is 381 g/mol. The molecule has 0 saturated heterocycles. The summed E-state index contributed by atoms with van der Waals surface area (Å²) in [6.07, 6.45) is 0.797. The molecule has 1 heterocycles. The Morgan fingerprint density at radius 2 is 1.61 bits per heavy atom. The number of ether oxygens (including phenoxy) is 3. The summed E-state index contributed by atoms with van der Waals surface area (Å²) in [5, 5.41) is 2.86. The molecule has 0 bridgehead atoms. The normalized spacial score (nSPS) is 10.4. The number of amides is 1. The summed E-state index contributed by atoms with van der Waals surface area (Å²) in [6, 6.07) is 16.7. The molecule has 0 radical (unpaired) electrons. The standard InChI is InChI=1S/C22H23NO5/c1-25-16-6-4-15(5-7-16)20-12-9-17(28-20)10-13-22(24)23-19-11-8-18(26-2)14-21(19)27-3/h4-9,11-12,14H,10,13H2,1-3H3,(H,23,24). The number of carbonyl (C=O) groups is 1. The highest BCUT2D eigenvalue weighted by atomic mass is 16.5. The van der Waals surface area contributed by atoms with Crippen molar-refractivity contribution >= 4 is 11.6 Å². The highest BCUT2D eigenvalue weighted by Crippen LogP contribution is 2.29. The van der Waals surface area contributed by atoms with E-state index in [0.29, 0.717) is 30.0 Å². The van der Waals surface area contributed by atoms with Gasteiger partial charge in [-0.2, -0.15) is 0 Å². The second-order valence-electron chi connectivity index (χ2n) is 6.11. The number of hydrogen-bond acceptors (Lipinski definition) is 5. The molecular formula is C22H23NO5. The van der Waals surface area contributed by atoms with Crippen LogP contribution in [-0.2, 0) is 11.2 Å². The van der Waals surface area contributed by atoms with Gasteiger partial charge in [-0.15, -0.1) is 0 Å². The maximum absolute atomic E-state index is 12.3. The molecule has 0 aliphatic carbocycles. The van der Waals surface area contributed by atoms with Gasteiger partial charge in [-0.25, -0.2) is 0 Å². The van der Waals surface area contributed by atoms with Crippen molar-refractivity contribution in [3.05, 3.63) is 60.4 Å². The molecule has 3 aromatic rings. The molecule has 1 amide bonds. The monoisotopic (exact) mass is 381 g/mol. The highest BCUT2D eigenvalue weighted by Gasteiger charge is 2.11. The number of carbonyl (C=O) groups excluding carboxylic acids is 1. The van der Waals surface area contributed by atoms with Gasteiger partial charge in [0.1, 0.15) is 28.8 Å². The van der Waals surface area contributed by atoms with Gasteiger partial charge in [-0.05, 0) is 48.5 Å². The van der Waals surface area contributed by atoms with Crippen molar-refractivity contribution in [2.24, 2.45) is 0 Å². The van der Waals surface area contributed by atoms with Crippen molar-refractivity contribution in [1.29, 1.82) is 0 Å². The molecule has 1 N–H and O–H groups in total. The molecule has 3 rings (SSSR count). The fourth-order valence-electron chi connectivity index (χ4n) is 2.77. The van der Waals surface area contributed by atoms with Crippen LogP contribution in [0.15, 0.2) is 59.0 Å². The van der Waals surface area contributed by atoms with Gasteiger partial charge in [-0.1, -0.05) is 0 Å². The van der Waals surface area contributed by atoms with Crippen molar-refractivity contribution in [2.75, 3.05) is 26.6 Å². The van der Waals surface area contributed by atoms with E-state index in [4.69, 9.17) is 18.6 Å². The first kappa shape index (κ1) is 19.4. The van der Waals surface area contributed by atoms with Gasteiger partial charge in [0, 0.05) is 24.5 Å². The van der Waals surface area contributed by atoms with Crippen molar-refractivity contribution in [3.8, 4) is 28.6 Å². The van der Waals surface area contributed by atoms with Gasteiger partial charge in [-0.3, -0.25) is 4.79 Å². The molecular weight excluding hydrogens is 358 g/mol. The van der Waals surface area contributed by atoms with Crippen LogP contribution in [-0.4, -0.2) is 27.2 Å². The fraction of sp³-hybridized carbons (Fsp3) is 0.227. The predicted octanol–water partition coefficient (Wildman–Crippen LogP) is 4.54. The lowest BCUT2D eigenvalue weighted by Crippen LogP contribution is -2.13. The van der Waals surface area contributed by atoms with Crippen LogP contribution in [0.5, 0.6) is 17.2 Å². The van der Waals surface area contributed by atoms with E-state index in [0.717, 1.165) is 22.8 Å². The quantitative estimate of drug-likeness (QED) is 0.620. The number of hydrogen-bond donors (Lipinski definition) is 1. The van der Waals surface area contributed by atoms with Crippen LogP contribution >= 0.6 is 0 Å². The largest absolute Gasteiger partial charge is 0.497 e. The zero-order chi connectivity index (χ0) is 19.9. The maximum atomic E-state index is 12.3. The van der Waals surface area contributed by atoms with Crippen LogP contribution in [0.4, 0.5) is 5.69 Å². The van der Waals surface area contributed by atoms with Crippen LogP contribution in [0.3, 0.4) is 0 Å². The Balaban J connectivity index is 1.58. The molecule has 0 unspecified atom stereocenters. The lowest BCUT2D eigenvalue weighted by molar-refractivity contribution is -0.116. The van der Waals surface area contributed by atoms with Crippen LogP contribution < -0.4 is 19.5 Å². The third kappa shape index (κ3) is 4.65. The van der Waals surface area contributed by atoms with Gasteiger partial charge in [0.15, 0.2) is 0 Å². The van der Waals surface area contributed by atoms with E-state index < -0.39 is 0 Å². The molecule has 0 atom stereocenters. The summed E-state index contributed by atoms with van der Waals surface area (Å²) < 4.78 is 21.5. The second kappa shape index (κ2) is 8.99. The number of nitrogens with one attached hydrogen (secondary N) is 1. The Kier molecular flexibility index (Phi) is 6.22. The third-order valence-corrected chi connectivity index (χ3v) is 4.32. The van der Waals surface area contributed by atoms with Crippen LogP contribution in [0, 0.1) is 0 Å². The van der Waals surface area contributed by atoms with Gasteiger partial charge in [0.25, 0.3) is 0 Å². The highest BCUT2D eigenvalue weighted by molar-refractivity contribution is 5.92. The van der Waals surface area contributed by atoms with E-state index in [1.165, 1.54) is 0 Å². The lowest BCUT2D eigenvalue weighted by atomic mass is 10.2. The predicted molar refractivity (Wildman–Crippen MR) is 107 cm³/mol. The number of furan rings is 1. The zero-order valence-corrected chi connectivity index (χ0v) is 16.2. The number of benzene rings is 2. The second-order valence-corrected chi connectivity index (χ2v) is 6.11. The minimum Gasteiger partial charge on any atom is -0.497 e. The SMILES string of the molecule is COc1ccc(-c2ccc(CCC(=O)Nc3ccc(OC)cc3OC)o2)cc1. The first-order chi connectivity index (χ1) is 13.6. The van der Waals surface area contributed by atoms with Gasteiger partial charge >= 0.3 is 0 Å². The third-order valence-electron chi connectivity index (χ3n) is 4.32. The van der Waals surface area contributed by atoms with E-state index in [9.17, 15) is 4.79 Å². The van der Waals surface area contributed by atoms with Crippen LogP contribution in [0.25, 0.3) is 11.3 Å². The summed E-state index contributed by atoms with van der Waals surface area (Å²) in [5.41, 5.74) is 1.56. The smallest absolute Gasteiger partial charge is 0.224 e. The number of methoxy groups -OCH3 is 3. The van der Waals surface area contributed by atoms with Crippen molar-refractivity contribution in [2.45, 2.75) is 12.8 Å². The molecule has 0 aliphatic heterocycles. The molecule has 28 heavy (non-hydrogen) atoms. The minimum atomic E-state index is -0.120. The molecule has 0 aliphatic rings. The topological polar surface area (TPSA) is 69.9 Å². The summed E-state index contributed by atoms with van der Waals surface area (Å²) in [4.78, 5) is 12.3. The molecule has 6 nitrogen and oxygen atoms in total. The Bertz CT molecular complexity index is 930. The van der Waals surface area contributed by atoms with Crippen molar-refractivity contribution in [3.63, 3.8) is 0 Å². The number of anilines is 1. The van der Waals surface area contributed by atoms with Crippen LogP contribution in [0.2, 0.25) is 0 Å². The average Bonchev–Trinajstić information content (AvgIpc) is 3.21. The van der Waals surface area contributed by atoms with Crippen LogP contribution in [0.1, 0.15) is 12.2 Å². The lowest BCUT2D eigenvalue weighted by Gasteiger charge is -2.11. The Morgan fingerprint density at radius 1 is 0.893 bits per heavy atom. The molecule has 146 valence electrons. The summed E-state index contributed by atoms with van der Waals surface area (Å²) in [7, 11) is 4.76. The van der Waals surface area contributed by atoms with E-state index in [-0.39, 0.29) is 5.91 Å². The van der Waals surface area contributed by atoms with Gasteiger partial charge < -0.3 is 23.9 Å². The minimum absolute atomic E-state index is 0.120. The molecule has 0 spiro atoms. The van der Waals surface area contributed by atoms with Crippen molar-refractivity contribution < 1.29 is 23.4 Å². The Hall–Kier alpha value is -3.41. The van der Waals surface area contributed by atoms with E-state index in [1.807, 2.05) is 36.4 Å². The molecule has 6 heteroatoms. The summed E-state index contributed by atoms with van der Waals surface area (Å²) in [6.45, 7) is 0. The van der Waals surface area contributed by atoms with E-state index in [1.54, 1.807) is 39.5 Å². The molecule has 0 saturated carbocycles. The number of rotatable bonds is 8. The summed E-state index contributed by atoms with van der Waals surface area (Å²) in [5.74, 6) is 3.40. The van der Waals surface area contributed by atoms with E-state index in [2.05, 4.69) is 5.32 Å². The van der Waals surface area contributed by atoms with Crippen molar-refractivity contribution in [1.82, 2.24) is 0 Å². The fourth-order valence-corrected chi connectivity index (χ4v) is 2.77. The maximum Gasteiger partial charge on any atom is 0.224 e. The first-order valence-corrected chi connectivity index (χ1v) is 8.88. The first-order valence-electron chi connectivity index (χ1n) is 8.88. The van der Waals surface area contributed by atoms with Gasteiger partial charge in [0.2, 0.25) is 5.91 Å². The number of aryl methyl sites for hydroxylation is 1. The molecule has 2 aromatic carbocycles.